The Morgan fingerprint density at radius 3 is 2.44 bits per heavy atom. The first-order valence-electron chi connectivity index (χ1n) is 2.79. The predicted molar refractivity (Wildman–Crippen MR) is 32.6 cm³/mol. The van der Waals surface area contributed by atoms with Crippen LogP contribution in [0.3, 0.4) is 0 Å². The molecular weight excluding hydrogens is 301 g/mol. The van der Waals surface area contributed by atoms with Gasteiger partial charge in [-0.1, -0.05) is 0 Å². The predicted octanol–water partition coefficient (Wildman–Crippen LogP) is 0.867. The Morgan fingerprint density at radius 1 is 1.33 bits per heavy atom. The van der Waals surface area contributed by atoms with Crippen LogP contribution >= 0.6 is 0 Å². The molecule has 9 heavy (non-hydrogen) atoms. The molecule has 0 aliphatic carbocycles. The third-order valence-electron chi connectivity index (χ3n) is 1.19. The van der Waals surface area contributed by atoms with Gasteiger partial charge in [-0.25, -0.2) is 0 Å². The van der Waals surface area contributed by atoms with E-state index in [2.05, 4.69) is 6.07 Å². The van der Waals surface area contributed by atoms with Crippen molar-refractivity contribution in [2.24, 2.45) is 0 Å². The molecule has 2 heteroatoms. The molecule has 0 saturated heterocycles. The van der Waals surface area contributed by atoms with Gasteiger partial charge in [0.15, 0.2) is 0 Å². The number of para-hydroxylation sites is 1. The number of hydrogen-bond acceptors (Lipinski definition) is 1. The van der Waals surface area contributed by atoms with Gasteiger partial charge in [0.05, 0.1) is 0 Å². The maximum atomic E-state index is 5.09. The molecule has 0 fully saturated rings. The van der Waals surface area contributed by atoms with Crippen molar-refractivity contribution in [2.75, 3.05) is 7.11 Å². The second-order valence-electron chi connectivity index (χ2n) is 1.81. The first-order valence-corrected chi connectivity index (χ1v) is 5.54. The van der Waals surface area contributed by atoms with Crippen molar-refractivity contribution in [2.45, 2.75) is 0 Å². The van der Waals surface area contributed by atoms with Crippen LogP contribution < -0.4 is 7.81 Å². The molecule has 1 nitrogen and oxygen atoms in total. The molecule has 0 spiro atoms. The van der Waals surface area contributed by atoms with Crippen LogP contribution in [-0.2, 0) is 26.1 Å². The third kappa shape index (κ3) is 1.68. The van der Waals surface area contributed by atoms with E-state index in [1.807, 2.05) is 18.2 Å². The van der Waals surface area contributed by atoms with Crippen molar-refractivity contribution in [1.29, 1.82) is 0 Å². The maximum absolute atomic E-state index is 5.09. The summed E-state index contributed by atoms with van der Waals surface area (Å²) in [4.78, 5) is 0. The monoisotopic (exact) mass is 309 g/mol. The van der Waals surface area contributed by atoms with Gasteiger partial charge in [-0.15, -0.1) is 0 Å². The zero-order chi connectivity index (χ0) is 6.69. The van der Waals surface area contributed by atoms with E-state index in [0.29, 0.717) is 26.1 Å². The number of benzene rings is 1. The minimum absolute atomic E-state index is 0.674. The van der Waals surface area contributed by atoms with E-state index in [4.69, 9.17) is 4.74 Å². The van der Waals surface area contributed by atoms with Gasteiger partial charge < -0.3 is 0 Å². The molecular formula is C7H7HgO. The minimum atomic E-state index is 0.674. The van der Waals surface area contributed by atoms with E-state index in [9.17, 15) is 0 Å². The van der Waals surface area contributed by atoms with Crippen LogP contribution in [0.15, 0.2) is 24.3 Å². The fourth-order valence-corrected chi connectivity index (χ4v) is 2.25. The van der Waals surface area contributed by atoms with E-state index in [-0.39, 0.29) is 0 Å². The van der Waals surface area contributed by atoms with Gasteiger partial charge in [0.2, 0.25) is 0 Å². The number of methoxy groups -OCH3 is 1. The standard InChI is InChI=1S/C7H7O.Hg/c1-8-7-5-3-2-4-6-7;/h2-5H,1H3;. The second-order valence-corrected chi connectivity index (χ2v) is 4.77. The molecule has 0 atom stereocenters. The molecule has 0 aliphatic rings. The van der Waals surface area contributed by atoms with Crippen molar-refractivity contribution in [3.8, 4) is 5.75 Å². The SMILES string of the molecule is COc1cccc[c]1[Hg]. The Morgan fingerprint density at radius 2 is 2.00 bits per heavy atom. The van der Waals surface area contributed by atoms with Gasteiger partial charge >= 0.3 is 71.1 Å². The van der Waals surface area contributed by atoms with Gasteiger partial charge in [0.1, 0.15) is 0 Å². The van der Waals surface area contributed by atoms with Crippen molar-refractivity contribution in [3.05, 3.63) is 24.3 Å². The Kier molecular flexibility index (Phi) is 2.52. The normalized spacial score (nSPS) is 9.22. The summed E-state index contributed by atoms with van der Waals surface area (Å²) in [6.07, 6.45) is 0. The van der Waals surface area contributed by atoms with Gasteiger partial charge in [-0.05, 0) is 0 Å². The van der Waals surface area contributed by atoms with E-state index < -0.39 is 0 Å². The molecule has 0 N–H and O–H groups in total. The summed E-state index contributed by atoms with van der Waals surface area (Å²) in [5, 5.41) is 0. The van der Waals surface area contributed by atoms with Crippen molar-refractivity contribution in [3.63, 3.8) is 0 Å². The Balaban J connectivity index is 3.01. The van der Waals surface area contributed by atoms with Crippen LogP contribution in [0.2, 0.25) is 0 Å². The molecule has 0 aromatic heterocycles. The van der Waals surface area contributed by atoms with Crippen LogP contribution in [0, 0.1) is 0 Å². The van der Waals surface area contributed by atoms with E-state index in [0.717, 1.165) is 5.75 Å². The average molecular weight is 308 g/mol. The van der Waals surface area contributed by atoms with Crippen LogP contribution in [0.25, 0.3) is 0 Å². The summed E-state index contributed by atoms with van der Waals surface area (Å²) in [5.41, 5.74) is 0. The topological polar surface area (TPSA) is 9.23 Å². The van der Waals surface area contributed by atoms with Gasteiger partial charge in [-0.3, -0.25) is 0 Å². The summed E-state index contributed by atoms with van der Waals surface area (Å²) in [5.74, 6) is 1.04. The van der Waals surface area contributed by atoms with Crippen LogP contribution in [0.1, 0.15) is 0 Å². The summed E-state index contributed by atoms with van der Waals surface area (Å²) in [7, 11) is 1.71. The zero-order valence-electron chi connectivity index (χ0n) is 5.42. The van der Waals surface area contributed by atoms with E-state index in [1.165, 1.54) is 3.07 Å². The number of ether oxygens (including phenoxy) is 1. The zero-order valence-corrected chi connectivity index (χ0v) is 10.9. The molecule has 0 heterocycles. The van der Waals surface area contributed by atoms with Crippen LogP contribution in [0.4, 0.5) is 0 Å². The number of hydrogen-bond donors (Lipinski definition) is 0. The number of rotatable bonds is 1. The Bertz CT molecular complexity index is 198. The molecule has 1 aromatic carbocycles. The van der Waals surface area contributed by atoms with Crippen LogP contribution in [0.5, 0.6) is 5.75 Å². The average Bonchev–Trinajstić information content (AvgIpc) is 1.89. The molecule has 0 radical (unpaired) electrons. The van der Waals surface area contributed by atoms with Crippen molar-refractivity contribution < 1.29 is 30.9 Å². The quantitative estimate of drug-likeness (QED) is 0.700. The molecule has 1 aromatic rings. The first-order chi connectivity index (χ1) is 4.34. The molecule has 0 bridgehead atoms. The molecule has 0 aliphatic heterocycles. The van der Waals surface area contributed by atoms with Crippen LogP contribution in [-0.4, -0.2) is 7.11 Å². The fraction of sp³-hybridized carbons (Fsp3) is 0.143. The van der Waals surface area contributed by atoms with Gasteiger partial charge in [-0.2, -0.15) is 0 Å². The van der Waals surface area contributed by atoms with Gasteiger partial charge in [0, 0.05) is 0 Å². The van der Waals surface area contributed by atoms with Crippen molar-refractivity contribution in [1.82, 2.24) is 0 Å². The first kappa shape index (κ1) is 7.07. The molecule has 43 valence electrons. The molecule has 1 rings (SSSR count). The van der Waals surface area contributed by atoms with Gasteiger partial charge in [0.25, 0.3) is 0 Å². The van der Waals surface area contributed by atoms with E-state index in [1.54, 1.807) is 7.11 Å². The molecule has 0 saturated carbocycles. The Labute approximate surface area is 71.0 Å². The third-order valence-corrected chi connectivity index (χ3v) is 3.46. The summed E-state index contributed by atoms with van der Waals surface area (Å²) in [6, 6.07) is 8.16. The molecule has 0 amide bonds. The molecule has 0 unspecified atom stereocenters. The summed E-state index contributed by atoms with van der Waals surface area (Å²) < 4.78 is 6.47. The summed E-state index contributed by atoms with van der Waals surface area (Å²) in [6.45, 7) is 0. The Hall–Kier alpha value is -0.0449. The second kappa shape index (κ2) is 3.21. The summed E-state index contributed by atoms with van der Waals surface area (Å²) >= 11 is 0.674. The van der Waals surface area contributed by atoms with E-state index >= 15 is 0 Å². The fourth-order valence-electron chi connectivity index (χ4n) is 0.703. The van der Waals surface area contributed by atoms with Crippen molar-refractivity contribution >= 4 is 3.07 Å².